The third-order valence-corrected chi connectivity index (χ3v) is 6.91. The zero-order chi connectivity index (χ0) is 19.8. The summed E-state index contributed by atoms with van der Waals surface area (Å²) in [5.74, 6) is 0.223. The van der Waals surface area contributed by atoms with Gasteiger partial charge in [0.2, 0.25) is 5.91 Å². The van der Waals surface area contributed by atoms with Crippen LogP contribution in [0.15, 0.2) is 53.1 Å². The highest BCUT2D eigenvalue weighted by atomic mass is 35.5. The number of hydrogen-bond acceptors (Lipinski definition) is 4. The topological polar surface area (TPSA) is 47.3 Å². The second-order valence-corrected chi connectivity index (χ2v) is 8.53. The van der Waals surface area contributed by atoms with Crippen LogP contribution < -0.4 is 4.90 Å². The number of rotatable bonds is 2. The molecule has 142 valence electrons. The second-order valence-electron chi connectivity index (χ2n) is 6.79. The Morgan fingerprint density at radius 1 is 1.14 bits per heavy atom. The van der Waals surface area contributed by atoms with E-state index in [1.807, 2.05) is 12.1 Å². The van der Waals surface area contributed by atoms with E-state index in [4.69, 9.17) is 23.2 Å². The maximum absolute atomic E-state index is 13.0. The Morgan fingerprint density at radius 3 is 2.54 bits per heavy atom. The fourth-order valence-electron chi connectivity index (χ4n) is 3.72. The number of benzene rings is 2. The van der Waals surface area contributed by atoms with E-state index in [1.165, 1.54) is 11.8 Å². The first-order valence-corrected chi connectivity index (χ1v) is 10.6. The zero-order valence-electron chi connectivity index (χ0n) is 15.2. The van der Waals surface area contributed by atoms with Crippen molar-refractivity contribution < 1.29 is 4.79 Å². The smallest absolute Gasteiger partial charge is 0.229 e. The van der Waals surface area contributed by atoms with E-state index < -0.39 is 5.92 Å². The number of carbonyl (C=O) groups is 1. The Balaban J connectivity index is 1.73. The van der Waals surface area contributed by atoms with Gasteiger partial charge in [0.05, 0.1) is 29.2 Å². The molecule has 0 aromatic heterocycles. The molecule has 0 spiro atoms. The summed E-state index contributed by atoms with van der Waals surface area (Å²) in [6, 6.07) is 15.7. The predicted octanol–water partition coefficient (Wildman–Crippen LogP) is 5.52. The number of allylic oxidation sites excluding steroid dienone is 1. The Labute approximate surface area is 178 Å². The Bertz CT molecular complexity index is 1010. The van der Waals surface area contributed by atoms with Crippen molar-refractivity contribution >= 4 is 46.6 Å². The van der Waals surface area contributed by atoms with Crippen LogP contribution in [-0.2, 0) is 4.79 Å². The van der Waals surface area contributed by atoms with E-state index in [2.05, 4.69) is 30.0 Å². The SMILES string of the molecule is Cc1ccccc1N1CSC2=C(C#N)[C@H](c3c(Cl)cccc3Cl)CC(=O)N2C1. The molecule has 4 nitrogen and oxygen atoms in total. The first-order chi connectivity index (χ1) is 13.5. The van der Waals surface area contributed by atoms with Crippen molar-refractivity contribution in [1.29, 1.82) is 5.26 Å². The molecule has 2 heterocycles. The monoisotopic (exact) mass is 429 g/mol. The molecule has 28 heavy (non-hydrogen) atoms. The third kappa shape index (κ3) is 3.26. The lowest BCUT2D eigenvalue weighted by atomic mass is 9.86. The fraction of sp³-hybridized carbons (Fsp3) is 0.238. The predicted molar refractivity (Wildman–Crippen MR) is 114 cm³/mol. The molecule has 7 heteroatoms. The summed E-state index contributed by atoms with van der Waals surface area (Å²) in [5, 5.41) is 11.6. The quantitative estimate of drug-likeness (QED) is 0.630. The molecule has 1 saturated heterocycles. The van der Waals surface area contributed by atoms with Gasteiger partial charge >= 0.3 is 0 Å². The van der Waals surface area contributed by atoms with Gasteiger partial charge in [-0.3, -0.25) is 9.69 Å². The number of para-hydroxylation sites is 1. The first kappa shape index (κ1) is 19.2. The molecule has 2 aromatic carbocycles. The van der Waals surface area contributed by atoms with Crippen LogP contribution in [0.2, 0.25) is 10.0 Å². The van der Waals surface area contributed by atoms with Gasteiger partial charge in [0.1, 0.15) is 0 Å². The van der Waals surface area contributed by atoms with E-state index >= 15 is 0 Å². The molecule has 4 rings (SSSR count). The molecular formula is C21H17Cl2N3OS. The normalized spacial score (nSPS) is 19.5. The third-order valence-electron chi connectivity index (χ3n) is 5.10. The number of thioether (sulfide) groups is 1. The number of nitrogens with zero attached hydrogens (tertiary/aromatic N) is 3. The van der Waals surface area contributed by atoms with Gasteiger partial charge in [0.25, 0.3) is 0 Å². The summed E-state index contributed by atoms with van der Waals surface area (Å²) in [7, 11) is 0. The summed E-state index contributed by atoms with van der Waals surface area (Å²) in [6.45, 7) is 2.49. The minimum absolute atomic E-state index is 0.0271. The number of fused-ring (bicyclic) bond motifs is 1. The molecule has 0 N–H and O–H groups in total. The highest BCUT2D eigenvalue weighted by Crippen LogP contribution is 2.46. The molecule has 1 atom stereocenters. The largest absolute Gasteiger partial charge is 0.343 e. The van der Waals surface area contributed by atoms with Crippen molar-refractivity contribution in [2.45, 2.75) is 19.3 Å². The van der Waals surface area contributed by atoms with Crippen molar-refractivity contribution in [1.82, 2.24) is 4.90 Å². The molecule has 2 aliphatic heterocycles. The van der Waals surface area contributed by atoms with Crippen molar-refractivity contribution in [3.63, 3.8) is 0 Å². The molecule has 2 aromatic rings. The number of halogens is 2. The van der Waals surface area contributed by atoms with Gasteiger partial charge in [-0.2, -0.15) is 5.26 Å². The molecule has 1 fully saturated rings. The van der Waals surface area contributed by atoms with Gasteiger partial charge in [0, 0.05) is 28.1 Å². The second kappa shape index (κ2) is 7.71. The highest BCUT2D eigenvalue weighted by molar-refractivity contribution is 8.03. The zero-order valence-corrected chi connectivity index (χ0v) is 17.5. The first-order valence-electron chi connectivity index (χ1n) is 8.83. The minimum Gasteiger partial charge on any atom is -0.343 e. The average molecular weight is 430 g/mol. The summed E-state index contributed by atoms with van der Waals surface area (Å²) >= 11 is 14.3. The van der Waals surface area contributed by atoms with Gasteiger partial charge in [-0.15, -0.1) is 0 Å². The Hall–Kier alpha value is -2.13. The highest BCUT2D eigenvalue weighted by Gasteiger charge is 2.39. The lowest BCUT2D eigenvalue weighted by Gasteiger charge is -2.42. The molecule has 0 bridgehead atoms. The Kier molecular flexibility index (Phi) is 5.29. The van der Waals surface area contributed by atoms with E-state index in [0.717, 1.165) is 11.3 Å². The standard InChI is InChI=1S/C21H17Cl2N3OS/c1-13-5-2-3-8-18(13)25-11-26-19(27)9-14(15(10-24)21(26)28-12-25)20-16(22)6-4-7-17(20)23/h2-8,14H,9,11-12H2,1H3/t14-/m1/s1. The summed E-state index contributed by atoms with van der Waals surface area (Å²) in [5.41, 5.74) is 3.46. The van der Waals surface area contributed by atoms with Crippen LogP contribution >= 0.6 is 35.0 Å². The van der Waals surface area contributed by atoms with Crippen LogP contribution in [0.25, 0.3) is 0 Å². The summed E-state index contributed by atoms with van der Waals surface area (Å²) in [6.07, 6.45) is 0.179. The number of hydrogen-bond donors (Lipinski definition) is 0. The van der Waals surface area contributed by atoms with Gasteiger partial charge < -0.3 is 4.90 Å². The van der Waals surface area contributed by atoms with Crippen molar-refractivity contribution in [3.05, 3.63) is 74.2 Å². The average Bonchev–Trinajstić information content (AvgIpc) is 2.68. The van der Waals surface area contributed by atoms with E-state index in [9.17, 15) is 10.1 Å². The van der Waals surface area contributed by atoms with Crippen molar-refractivity contribution in [2.75, 3.05) is 17.4 Å². The van der Waals surface area contributed by atoms with E-state index in [1.54, 1.807) is 23.1 Å². The molecular weight excluding hydrogens is 413 g/mol. The lowest BCUT2D eigenvalue weighted by molar-refractivity contribution is -0.129. The molecule has 0 radical (unpaired) electrons. The number of aryl methyl sites for hydroxylation is 1. The van der Waals surface area contributed by atoms with Crippen molar-refractivity contribution in [2.24, 2.45) is 0 Å². The molecule has 0 saturated carbocycles. The van der Waals surface area contributed by atoms with E-state index in [-0.39, 0.29) is 12.3 Å². The maximum atomic E-state index is 13.0. The molecule has 0 unspecified atom stereocenters. The number of nitriles is 1. The van der Waals surface area contributed by atoms with Crippen LogP contribution in [0.3, 0.4) is 0 Å². The fourth-order valence-corrected chi connectivity index (χ4v) is 5.54. The van der Waals surface area contributed by atoms with Crippen LogP contribution in [0, 0.1) is 18.3 Å². The van der Waals surface area contributed by atoms with Crippen LogP contribution in [0.5, 0.6) is 0 Å². The van der Waals surface area contributed by atoms with Crippen LogP contribution in [-0.4, -0.2) is 23.4 Å². The van der Waals surface area contributed by atoms with E-state index in [0.29, 0.717) is 38.8 Å². The Morgan fingerprint density at radius 2 is 1.86 bits per heavy atom. The number of amides is 1. The number of anilines is 1. The van der Waals surface area contributed by atoms with Gasteiger partial charge in [-0.1, -0.05) is 59.2 Å². The maximum Gasteiger partial charge on any atom is 0.229 e. The molecule has 2 aliphatic rings. The van der Waals surface area contributed by atoms with Crippen molar-refractivity contribution in [3.8, 4) is 6.07 Å². The van der Waals surface area contributed by atoms with Crippen LogP contribution in [0.1, 0.15) is 23.5 Å². The lowest BCUT2D eigenvalue weighted by Crippen LogP contribution is -2.47. The molecule has 1 amide bonds. The van der Waals surface area contributed by atoms with Gasteiger partial charge in [-0.05, 0) is 36.2 Å². The van der Waals surface area contributed by atoms with Gasteiger partial charge in [-0.25, -0.2) is 0 Å². The van der Waals surface area contributed by atoms with Crippen LogP contribution in [0.4, 0.5) is 5.69 Å². The summed E-state index contributed by atoms with van der Waals surface area (Å²) in [4.78, 5) is 16.9. The summed E-state index contributed by atoms with van der Waals surface area (Å²) < 4.78 is 0. The molecule has 0 aliphatic carbocycles. The van der Waals surface area contributed by atoms with Gasteiger partial charge in [0.15, 0.2) is 0 Å². The number of carbonyl (C=O) groups excluding carboxylic acids is 1. The minimum atomic E-state index is -0.414.